The molecule has 0 saturated carbocycles. The van der Waals surface area contributed by atoms with Crippen molar-refractivity contribution in [2.75, 3.05) is 5.75 Å². The van der Waals surface area contributed by atoms with E-state index in [0.29, 0.717) is 10.7 Å². The molecule has 6 nitrogen and oxygen atoms in total. The third kappa shape index (κ3) is 4.00. The molecular weight excluding hydrogens is 396 g/mol. The van der Waals surface area contributed by atoms with Crippen molar-refractivity contribution in [1.82, 2.24) is 18.9 Å². The second kappa shape index (κ2) is 8.24. The van der Waals surface area contributed by atoms with E-state index >= 15 is 0 Å². The summed E-state index contributed by atoms with van der Waals surface area (Å²) in [5.41, 5.74) is 3.47. The van der Waals surface area contributed by atoms with Crippen molar-refractivity contribution in [3.63, 3.8) is 0 Å². The largest absolute Gasteiger partial charge is 0.458 e. The number of rotatable bonds is 7. The van der Waals surface area contributed by atoms with Crippen LogP contribution in [0.15, 0.2) is 53.9 Å². The standard InChI is InChI=1S/C20H19ClN4O2S/c1-2-9-25-17-6-4-3-5-16(17)23-20(25)28-13-19(26)27-12-15-11-24-10-14(21)7-8-18(24)22-15/h3-8,10-11H,2,9,12-13H2,1H3. The van der Waals surface area contributed by atoms with Gasteiger partial charge in [0.25, 0.3) is 0 Å². The van der Waals surface area contributed by atoms with E-state index in [2.05, 4.69) is 27.5 Å². The fourth-order valence-corrected chi connectivity index (χ4v) is 4.02. The minimum absolute atomic E-state index is 0.129. The molecule has 3 heterocycles. The lowest BCUT2D eigenvalue weighted by atomic mass is 10.3. The van der Waals surface area contributed by atoms with E-state index in [-0.39, 0.29) is 18.3 Å². The zero-order valence-corrected chi connectivity index (χ0v) is 16.9. The second-order valence-electron chi connectivity index (χ2n) is 6.33. The molecular formula is C20H19ClN4O2S. The van der Waals surface area contributed by atoms with Gasteiger partial charge in [-0.05, 0) is 30.7 Å². The van der Waals surface area contributed by atoms with Crippen LogP contribution in [0.1, 0.15) is 19.0 Å². The van der Waals surface area contributed by atoms with Gasteiger partial charge in [-0.1, -0.05) is 42.4 Å². The molecule has 0 unspecified atom stereocenters. The van der Waals surface area contributed by atoms with Crippen molar-refractivity contribution in [2.45, 2.75) is 31.7 Å². The highest BCUT2D eigenvalue weighted by atomic mass is 35.5. The zero-order chi connectivity index (χ0) is 19.5. The van der Waals surface area contributed by atoms with Crippen LogP contribution in [-0.4, -0.2) is 30.7 Å². The first-order valence-electron chi connectivity index (χ1n) is 9.01. The highest BCUT2D eigenvalue weighted by Crippen LogP contribution is 2.24. The summed E-state index contributed by atoms with van der Waals surface area (Å²) in [5, 5.41) is 1.46. The van der Waals surface area contributed by atoms with E-state index in [1.54, 1.807) is 12.3 Å². The SMILES string of the molecule is CCCn1c(SCC(=O)OCc2cn3cc(Cl)ccc3n2)nc2ccccc21. The van der Waals surface area contributed by atoms with Gasteiger partial charge in [0.2, 0.25) is 0 Å². The highest BCUT2D eigenvalue weighted by molar-refractivity contribution is 7.99. The Morgan fingerprint density at radius 1 is 1.18 bits per heavy atom. The first-order valence-corrected chi connectivity index (χ1v) is 10.4. The zero-order valence-electron chi connectivity index (χ0n) is 15.3. The summed E-state index contributed by atoms with van der Waals surface area (Å²) in [6, 6.07) is 11.6. The van der Waals surface area contributed by atoms with Crippen LogP contribution < -0.4 is 0 Å². The molecule has 28 heavy (non-hydrogen) atoms. The maximum absolute atomic E-state index is 12.2. The third-order valence-electron chi connectivity index (χ3n) is 4.23. The monoisotopic (exact) mass is 414 g/mol. The fraction of sp³-hybridized carbons (Fsp3) is 0.250. The van der Waals surface area contributed by atoms with Gasteiger partial charge in [0.1, 0.15) is 12.3 Å². The van der Waals surface area contributed by atoms with Crippen LogP contribution in [0.2, 0.25) is 5.02 Å². The predicted molar refractivity (Wildman–Crippen MR) is 111 cm³/mol. The smallest absolute Gasteiger partial charge is 0.316 e. The molecule has 0 aliphatic carbocycles. The molecule has 3 aromatic heterocycles. The summed E-state index contributed by atoms with van der Waals surface area (Å²) in [6.45, 7) is 3.12. The Labute approximate surface area is 171 Å². The van der Waals surface area contributed by atoms with E-state index in [0.717, 1.165) is 34.8 Å². The number of nitrogens with zero attached hydrogens (tertiary/aromatic N) is 4. The number of hydrogen-bond donors (Lipinski definition) is 0. The van der Waals surface area contributed by atoms with Crippen LogP contribution >= 0.6 is 23.4 Å². The number of thioether (sulfide) groups is 1. The van der Waals surface area contributed by atoms with E-state index in [1.807, 2.05) is 34.9 Å². The molecule has 144 valence electrons. The number of ether oxygens (including phenoxy) is 1. The number of halogens is 1. The number of pyridine rings is 1. The number of imidazole rings is 2. The second-order valence-corrected chi connectivity index (χ2v) is 7.71. The van der Waals surface area contributed by atoms with Gasteiger partial charge in [-0.3, -0.25) is 4.79 Å². The summed E-state index contributed by atoms with van der Waals surface area (Å²) >= 11 is 7.37. The maximum atomic E-state index is 12.2. The first kappa shape index (κ1) is 18.8. The average molecular weight is 415 g/mol. The first-order chi connectivity index (χ1) is 13.6. The Kier molecular flexibility index (Phi) is 5.54. The molecule has 0 atom stereocenters. The molecule has 0 spiro atoms. The quantitative estimate of drug-likeness (QED) is 0.327. The lowest BCUT2D eigenvalue weighted by Gasteiger charge is -2.07. The van der Waals surface area contributed by atoms with Gasteiger partial charge in [0, 0.05) is 18.9 Å². The van der Waals surface area contributed by atoms with Crippen molar-refractivity contribution in [3.8, 4) is 0 Å². The number of fused-ring (bicyclic) bond motifs is 2. The summed E-state index contributed by atoms with van der Waals surface area (Å²) < 4.78 is 9.34. The maximum Gasteiger partial charge on any atom is 0.316 e. The van der Waals surface area contributed by atoms with Gasteiger partial charge >= 0.3 is 5.97 Å². The molecule has 0 saturated heterocycles. The molecule has 0 radical (unpaired) electrons. The van der Waals surface area contributed by atoms with Gasteiger partial charge in [-0.15, -0.1) is 0 Å². The highest BCUT2D eigenvalue weighted by Gasteiger charge is 2.13. The number of aromatic nitrogens is 4. The third-order valence-corrected chi connectivity index (χ3v) is 5.41. The number of aryl methyl sites for hydroxylation is 1. The molecule has 0 bridgehead atoms. The Morgan fingerprint density at radius 3 is 2.89 bits per heavy atom. The molecule has 4 aromatic rings. The lowest BCUT2D eigenvalue weighted by molar-refractivity contribution is -0.141. The number of esters is 1. The predicted octanol–water partition coefficient (Wildman–Crippen LogP) is 4.58. The van der Waals surface area contributed by atoms with Crippen molar-refractivity contribution in [2.24, 2.45) is 0 Å². The van der Waals surface area contributed by atoms with Gasteiger partial charge in [0.05, 0.1) is 27.5 Å². The normalized spacial score (nSPS) is 11.4. The molecule has 8 heteroatoms. The molecule has 1 aromatic carbocycles. The topological polar surface area (TPSA) is 61.4 Å². The molecule has 0 aliphatic rings. The molecule has 0 fully saturated rings. The minimum atomic E-state index is -0.296. The van der Waals surface area contributed by atoms with Crippen LogP contribution in [-0.2, 0) is 22.7 Å². The van der Waals surface area contributed by atoms with Crippen LogP contribution in [0, 0.1) is 0 Å². The van der Waals surface area contributed by atoms with Crippen molar-refractivity contribution < 1.29 is 9.53 Å². The number of hydrogen-bond acceptors (Lipinski definition) is 5. The number of carbonyl (C=O) groups excluding carboxylic acids is 1. The molecule has 0 N–H and O–H groups in total. The van der Waals surface area contributed by atoms with Crippen LogP contribution in [0.4, 0.5) is 0 Å². The van der Waals surface area contributed by atoms with E-state index < -0.39 is 0 Å². The summed E-state index contributed by atoms with van der Waals surface area (Å²) in [7, 11) is 0. The number of benzene rings is 1. The van der Waals surface area contributed by atoms with Crippen LogP contribution in [0.3, 0.4) is 0 Å². The number of carbonyl (C=O) groups is 1. The van der Waals surface area contributed by atoms with E-state index in [1.165, 1.54) is 11.8 Å². The average Bonchev–Trinajstić information content (AvgIpc) is 3.26. The molecule has 0 amide bonds. The van der Waals surface area contributed by atoms with Crippen molar-refractivity contribution in [3.05, 3.63) is 59.5 Å². The lowest BCUT2D eigenvalue weighted by Crippen LogP contribution is -2.08. The molecule has 0 aliphatic heterocycles. The summed E-state index contributed by atoms with van der Waals surface area (Å²) in [5.74, 6) is -0.0955. The molecule has 4 rings (SSSR count). The Balaban J connectivity index is 1.39. The fourth-order valence-electron chi connectivity index (χ4n) is 3.01. The summed E-state index contributed by atoms with van der Waals surface area (Å²) in [4.78, 5) is 21.3. The number of para-hydroxylation sites is 2. The van der Waals surface area contributed by atoms with E-state index in [4.69, 9.17) is 16.3 Å². The Bertz CT molecular complexity index is 1140. The Hall–Kier alpha value is -2.51. The van der Waals surface area contributed by atoms with Gasteiger partial charge in [-0.2, -0.15) is 0 Å². The Morgan fingerprint density at radius 2 is 2.04 bits per heavy atom. The van der Waals surface area contributed by atoms with Crippen molar-refractivity contribution >= 4 is 46.0 Å². The van der Waals surface area contributed by atoms with Crippen LogP contribution in [0.25, 0.3) is 16.7 Å². The summed E-state index contributed by atoms with van der Waals surface area (Å²) in [6.07, 6.45) is 4.57. The minimum Gasteiger partial charge on any atom is -0.458 e. The van der Waals surface area contributed by atoms with Gasteiger partial charge in [-0.25, -0.2) is 9.97 Å². The van der Waals surface area contributed by atoms with Gasteiger partial charge in [0.15, 0.2) is 5.16 Å². The van der Waals surface area contributed by atoms with Crippen LogP contribution in [0.5, 0.6) is 0 Å². The van der Waals surface area contributed by atoms with Crippen molar-refractivity contribution in [1.29, 1.82) is 0 Å². The van der Waals surface area contributed by atoms with E-state index in [9.17, 15) is 4.79 Å². The van der Waals surface area contributed by atoms with Gasteiger partial charge < -0.3 is 13.7 Å².